The molecule has 0 heterocycles. The molecule has 0 aliphatic heterocycles. The maximum absolute atomic E-state index is 2.31. The van der Waals surface area contributed by atoms with Crippen molar-refractivity contribution in [1.82, 2.24) is 0 Å². The van der Waals surface area contributed by atoms with Crippen molar-refractivity contribution in [2.45, 2.75) is 13.8 Å². The van der Waals surface area contributed by atoms with Crippen molar-refractivity contribution in [3.05, 3.63) is 169 Å². The summed E-state index contributed by atoms with van der Waals surface area (Å²) in [5.74, 6) is 0. The molecule has 2 nitrogen and oxygen atoms in total. The minimum Gasteiger partial charge on any atom is -0.310 e. The van der Waals surface area contributed by atoms with Gasteiger partial charge in [0, 0.05) is 34.1 Å². The van der Waals surface area contributed by atoms with Crippen LogP contribution in [0.5, 0.6) is 0 Å². The highest BCUT2D eigenvalue weighted by Crippen LogP contribution is 2.39. The van der Waals surface area contributed by atoms with Crippen LogP contribution < -0.4 is 9.80 Å². The smallest absolute Gasteiger partial charge is 0.0467 e. The number of para-hydroxylation sites is 2. The van der Waals surface area contributed by atoms with Crippen LogP contribution >= 0.6 is 0 Å². The number of hydrogen-bond donors (Lipinski definition) is 0. The van der Waals surface area contributed by atoms with Gasteiger partial charge in [-0.05, 0) is 97.8 Å². The van der Waals surface area contributed by atoms with Crippen LogP contribution in [0.4, 0.5) is 34.1 Å². The van der Waals surface area contributed by atoms with E-state index in [1.54, 1.807) is 0 Å². The van der Waals surface area contributed by atoms with Crippen molar-refractivity contribution in [3.8, 4) is 11.1 Å². The van der Waals surface area contributed by atoms with Crippen LogP contribution in [-0.2, 0) is 0 Å². The Morgan fingerprint density at radius 3 is 1.00 bits per heavy atom. The molecule has 6 aromatic rings. The number of anilines is 6. The van der Waals surface area contributed by atoms with Crippen molar-refractivity contribution in [2.24, 2.45) is 0 Å². The van der Waals surface area contributed by atoms with E-state index in [2.05, 4.69) is 181 Å². The van der Waals surface area contributed by atoms with Gasteiger partial charge in [-0.25, -0.2) is 0 Å². The number of rotatable bonds is 7. The van der Waals surface area contributed by atoms with Gasteiger partial charge in [-0.1, -0.05) is 96.1 Å². The molecular weight excluding hydrogens is 484 g/mol. The Labute approximate surface area is 237 Å². The van der Waals surface area contributed by atoms with E-state index in [9.17, 15) is 0 Å². The minimum absolute atomic E-state index is 1.12. The van der Waals surface area contributed by atoms with Gasteiger partial charge in [0.1, 0.15) is 0 Å². The van der Waals surface area contributed by atoms with Crippen LogP contribution in [-0.4, -0.2) is 0 Å². The van der Waals surface area contributed by atoms with Crippen LogP contribution in [0.3, 0.4) is 0 Å². The fourth-order valence-electron chi connectivity index (χ4n) is 5.09. The maximum Gasteiger partial charge on any atom is 0.0467 e. The highest BCUT2D eigenvalue weighted by atomic mass is 15.1. The van der Waals surface area contributed by atoms with Crippen molar-refractivity contribution in [2.75, 3.05) is 9.80 Å². The van der Waals surface area contributed by atoms with Gasteiger partial charge in [0.2, 0.25) is 0 Å². The zero-order valence-corrected chi connectivity index (χ0v) is 22.9. The molecule has 0 atom stereocenters. The van der Waals surface area contributed by atoms with Crippen LogP contribution in [0.25, 0.3) is 11.1 Å². The van der Waals surface area contributed by atoms with Crippen molar-refractivity contribution in [1.29, 1.82) is 0 Å². The van der Waals surface area contributed by atoms with E-state index >= 15 is 0 Å². The standard InChI is InChI=1S/C38H32N2/c1-29-19-23-35(24-20-29)39(33-13-5-3-6-14-33)37-17-9-11-31(27-37)32-12-10-18-38(28-32)40(34-15-7-4-8-16-34)36-25-21-30(2)22-26-36/h3-28H,1-2H3. The van der Waals surface area contributed by atoms with E-state index < -0.39 is 0 Å². The molecule has 0 radical (unpaired) electrons. The molecule has 0 spiro atoms. The monoisotopic (exact) mass is 516 g/mol. The average molecular weight is 517 g/mol. The molecular formula is C38H32N2. The summed E-state index contributed by atoms with van der Waals surface area (Å²) < 4.78 is 0. The molecule has 0 unspecified atom stereocenters. The Morgan fingerprint density at radius 1 is 0.300 bits per heavy atom. The predicted molar refractivity (Wildman–Crippen MR) is 171 cm³/mol. The maximum atomic E-state index is 2.31. The lowest BCUT2D eigenvalue weighted by Gasteiger charge is -2.27. The molecule has 6 aromatic carbocycles. The summed E-state index contributed by atoms with van der Waals surface area (Å²) >= 11 is 0. The molecule has 6 rings (SSSR count). The lowest BCUT2D eigenvalue weighted by molar-refractivity contribution is 1.27. The van der Waals surface area contributed by atoms with Crippen molar-refractivity contribution >= 4 is 34.1 Å². The van der Waals surface area contributed by atoms with Crippen LogP contribution in [0.15, 0.2) is 158 Å². The third-order valence-corrected chi connectivity index (χ3v) is 7.16. The fourth-order valence-corrected chi connectivity index (χ4v) is 5.09. The fraction of sp³-hybridized carbons (Fsp3) is 0.0526. The Kier molecular flexibility index (Phi) is 7.15. The third-order valence-electron chi connectivity index (χ3n) is 7.16. The summed E-state index contributed by atoms with van der Waals surface area (Å²) in [5, 5.41) is 0. The first-order valence-corrected chi connectivity index (χ1v) is 13.7. The summed E-state index contributed by atoms with van der Waals surface area (Å²) in [6, 6.07) is 56.2. The Morgan fingerprint density at radius 2 is 0.625 bits per heavy atom. The molecule has 0 aliphatic rings. The number of aryl methyl sites for hydroxylation is 2. The average Bonchev–Trinajstić information content (AvgIpc) is 3.01. The van der Waals surface area contributed by atoms with Gasteiger partial charge in [-0.15, -0.1) is 0 Å². The molecule has 0 fully saturated rings. The van der Waals surface area contributed by atoms with Gasteiger partial charge in [-0.3, -0.25) is 0 Å². The Balaban J connectivity index is 1.43. The molecule has 0 bridgehead atoms. The lowest BCUT2D eigenvalue weighted by atomic mass is 10.0. The normalized spacial score (nSPS) is 10.8. The van der Waals surface area contributed by atoms with E-state index in [1.807, 2.05) is 0 Å². The van der Waals surface area contributed by atoms with Gasteiger partial charge in [0.15, 0.2) is 0 Å². The van der Waals surface area contributed by atoms with Crippen LogP contribution in [0.1, 0.15) is 11.1 Å². The molecule has 0 saturated heterocycles. The minimum atomic E-state index is 1.12. The van der Waals surface area contributed by atoms with E-state index in [4.69, 9.17) is 0 Å². The quantitative estimate of drug-likeness (QED) is 0.208. The van der Waals surface area contributed by atoms with Gasteiger partial charge < -0.3 is 9.80 Å². The summed E-state index contributed by atoms with van der Waals surface area (Å²) in [7, 11) is 0. The Hall–Kier alpha value is -5.08. The summed E-state index contributed by atoms with van der Waals surface area (Å²) in [4.78, 5) is 4.63. The zero-order chi connectivity index (χ0) is 27.3. The summed E-state index contributed by atoms with van der Waals surface area (Å²) in [6.45, 7) is 4.25. The van der Waals surface area contributed by atoms with E-state index in [0.29, 0.717) is 0 Å². The van der Waals surface area contributed by atoms with E-state index in [-0.39, 0.29) is 0 Å². The number of benzene rings is 6. The van der Waals surface area contributed by atoms with E-state index in [0.717, 1.165) is 34.1 Å². The molecule has 0 aliphatic carbocycles. The highest BCUT2D eigenvalue weighted by molar-refractivity contribution is 5.83. The lowest BCUT2D eigenvalue weighted by Crippen LogP contribution is -2.10. The molecule has 0 N–H and O–H groups in total. The Bertz CT molecular complexity index is 1560. The first-order valence-electron chi connectivity index (χ1n) is 13.7. The van der Waals surface area contributed by atoms with Crippen molar-refractivity contribution in [3.63, 3.8) is 0 Å². The number of nitrogens with zero attached hydrogens (tertiary/aromatic N) is 2. The molecule has 2 heteroatoms. The largest absolute Gasteiger partial charge is 0.310 e. The number of hydrogen-bond acceptors (Lipinski definition) is 2. The van der Waals surface area contributed by atoms with Gasteiger partial charge in [0.05, 0.1) is 0 Å². The SMILES string of the molecule is Cc1ccc(N(c2ccccc2)c2cccc(-c3cccc(N(c4ccccc4)c4ccc(C)cc4)c3)c2)cc1. The van der Waals surface area contributed by atoms with E-state index in [1.165, 1.54) is 22.3 Å². The topological polar surface area (TPSA) is 6.48 Å². The predicted octanol–water partition coefficient (Wildman–Crippen LogP) is 10.9. The zero-order valence-electron chi connectivity index (χ0n) is 22.9. The first kappa shape index (κ1) is 25.2. The highest BCUT2D eigenvalue weighted by Gasteiger charge is 2.15. The molecule has 40 heavy (non-hydrogen) atoms. The second kappa shape index (κ2) is 11.3. The second-order valence-electron chi connectivity index (χ2n) is 10.1. The molecule has 0 amide bonds. The molecule has 0 saturated carbocycles. The van der Waals surface area contributed by atoms with Crippen LogP contribution in [0.2, 0.25) is 0 Å². The second-order valence-corrected chi connectivity index (χ2v) is 10.1. The molecule has 194 valence electrons. The van der Waals surface area contributed by atoms with Crippen molar-refractivity contribution < 1.29 is 0 Å². The first-order chi connectivity index (χ1) is 19.7. The molecule has 0 aromatic heterocycles. The van der Waals surface area contributed by atoms with Gasteiger partial charge in [0.25, 0.3) is 0 Å². The van der Waals surface area contributed by atoms with Gasteiger partial charge >= 0.3 is 0 Å². The van der Waals surface area contributed by atoms with Crippen LogP contribution in [0, 0.1) is 13.8 Å². The third kappa shape index (κ3) is 5.39. The summed E-state index contributed by atoms with van der Waals surface area (Å²) in [5.41, 5.74) is 11.6. The van der Waals surface area contributed by atoms with Gasteiger partial charge in [-0.2, -0.15) is 0 Å². The summed E-state index contributed by atoms with van der Waals surface area (Å²) in [6.07, 6.45) is 0.